The van der Waals surface area contributed by atoms with Gasteiger partial charge < -0.3 is 4.74 Å². The van der Waals surface area contributed by atoms with E-state index in [0.29, 0.717) is 10.8 Å². The van der Waals surface area contributed by atoms with Crippen molar-refractivity contribution in [3.8, 4) is 0 Å². The van der Waals surface area contributed by atoms with Gasteiger partial charge in [-0.25, -0.2) is 0 Å². The lowest BCUT2D eigenvalue weighted by molar-refractivity contribution is 0.306. The second kappa shape index (κ2) is 5.12. The highest BCUT2D eigenvalue weighted by Crippen LogP contribution is 2.12. The molecule has 0 heterocycles. The van der Waals surface area contributed by atoms with Crippen LogP contribution in [-0.2, 0) is 4.74 Å². The molecule has 0 aromatic carbocycles. The Labute approximate surface area is 66.6 Å². The highest BCUT2D eigenvalue weighted by molar-refractivity contribution is 6.31. The van der Waals surface area contributed by atoms with Crippen LogP contribution in [0.5, 0.6) is 0 Å². The van der Waals surface area contributed by atoms with Crippen molar-refractivity contribution >= 4 is 11.6 Å². The van der Waals surface area contributed by atoms with Gasteiger partial charge >= 0.3 is 0 Å². The third-order valence-electron chi connectivity index (χ3n) is 0.948. The van der Waals surface area contributed by atoms with Gasteiger partial charge in [0.2, 0.25) is 0 Å². The van der Waals surface area contributed by atoms with Gasteiger partial charge in [-0.1, -0.05) is 30.3 Å². The van der Waals surface area contributed by atoms with Crippen LogP contribution in [0.15, 0.2) is 35.6 Å². The average Bonchev–Trinajstić information content (AvgIpc) is 1.98. The van der Waals surface area contributed by atoms with Crippen molar-refractivity contribution in [2.24, 2.45) is 0 Å². The number of ether oxygens (including phenoxy) is 1. The van der Waals surface area contributed by atoms with E-state index in [4.69, 9.17) is 16.3 Å². The van der Waals surface area contributed by atoms with E-state index in [9.17, 15) is 0 Å². The zero-order valence-corrected chi connectivity index (χ0v) is 6.98. The first-order valence-electron chi connectivity index (χ1n) is 2.94. The predicted molar refractivity (Wildman–Crippen MR) is 44.9 cm³/mol. The second-order valence-corrected chi connectivity index (χ2v) is 2.07. The van der Waals surface area contributed by atoms with Gasteiger partial charge in [0.25, 0.3) is 0 Å². The molecule has 0 rings (SSSR count). The van der Waals surface area contributed by atoms with Crippen LogP contribution in [0, 0.1) is 0 Å². The van der Waals surface area contributed by atoms with Crippen LogP contribution in [0.1, 0.15) is 6.92 Å². The summed E-state index contributed by atoms with van der Waals surface area (Å²) in [7, 11) is 1.54. The van der Waals surface area contributed by atoms with Crippen LogP contribution in [-0.4, -0.2) is 7.11 Å². The van der Waals surface area contributed by atoms with Crippen molar-refractivity contribution in [1.82, 2.24) is 0 Å². The summed E-state index contributed by atoms with van der Waals surface area (Å²) in [4.78, 5) is 0. The summed E-state index contributed by atoms with van der Waals surface area (Å²) in [5.41, 5.74) is 0. The molecule has 0 saturated heterocycles. The number of allylic oxidation sites excluding steroid dienone is 4. The van der Waals surface area contributed by atoms with E-state index >= 15 is 0 Å². The van der Waals surface area contributed by atoms with Gasteiger partial charge in [-0.2, -0.15) is 0 Å². The lowest BCUT2D eigenvalue weighted by Crippen LogP contribution is -1.82. The predicted octanol–water partition coefficient (Wildman–Crippen LogP) is 2.85. The molecular formula is C8H11ClO. The Kier molecular flexibility index (Phi) is 4.77. The molecule has 0 spiro atoms. The molecular weight excluding hydrogens is 148 g/mol. The minimum atomic E-state index is 0.486. The normalized spacial score (nSPS) is 12.1. The molecule has 0 fully saturated rings. The minimum absolute atomic E-state index is 0.486. The van der Waals surface area contributed by atoms with E-state index in [2.05, 4.69) is 6.58 Å². The monoisotopic (exact) mass is 158 g/mol. The molecule has 0 aliphatic heterocycles. The van der Waals surface area contributed by atoms with E-state index in [1.807, 2.05) is 19.1 Å². The van der Waals surface area contributed by atoms with Crippen LogP contribution in [0.3, 0.4) is 0 Å². The first-order chi connectivity index (χ1) is 4.72. The highest BCUT2D eigenvalue weighted by Gasteiger charge is 1.93. The van der Waals surface area contributed by atoms with Crippen LogP contribution < -0.4 is 0 Å². The van der Waals surface area contributed by atoms with E-state index < -0.39 is 0 Å². The van der Waals surface area contributed by atoms with Gasteiger partial charge in [0, 0.05) is 0 Å². The van der Waals surface area contributed by atoms with E-state index in [1.54, 1.807) is 6.08 Å². The first kappa shape index (κ1) is 9.31. The second-order valence-electron chi connectivity index (χ2n) is 1.67. The van der Waals surface area contributed by atoms with E-state index in [1.165, 1.54) is 7.11 Å². The molecule has 0 unspecified atom stereocenters. The molecule has 0 aliphatic carbocycles. The topological polar surface area (TPSA) is 9.23 Å². The lowest BCUT2D eigenvalue weighted by atomic mass is 10.4. The Morgan fingerprint density at radius 1 is 1.60 bits per heavy atom. The summed E-state index contributed by atoms with van der Waals surface area (Å²) in [6.07, 6.45) is 5.44. The zero-order valence-electron chi connectivity index (χ0n) is 6.23. The number of halogens is 1. The summed E-state index contributed by atoms with van der Waals surface area (Å²) >= 11 is 5.70. The Morgan fingerprint density at radius 3 is 2.60 bits per heavy atom. The van der Waals surface area contributed by atoms with Gasteiger partial charge in [-0.15, -0.1) is 0 Å². The summed E-state index contributed by atoms with van der Waals surface area (Å²) in [6.45, 7) is 5.48. The fourth-order valence-corrected chi connectivity index (χ4v) is 0.521. The Bertz CT molecular complexity index is 168. The van der Waals surface area contributed by atoms with Crippen LogP contribution in [0.25, 0.3) is 0 Å². The molecule has 0 atom stereocenters. The molecule has 0 bridgehead atoms. The number of rotatable bonds is 3. The van der Waals surface area contributed by atoms with Crippen molar-refractivity contribution in [3.63, 3.8) is 0 Å². The Hall–Kier alpha value is -0.690. The standard InChI is InChI=1S/C8H11ClO/c1-4-5-6-8(9)7(2)10-3/h4-6H,2H2,1,3H3/b5-4-,8-6+. The third-order valence-corrected chi connectivity index (χ3v) is 1.28. The molecule has 0 aliphatic rings. The van der Waals surface area contributed by atoms with E-state index in [-0.39, 0.29) is 0 Å². The highest BCUT2D eigenvalue weighted by atomic mass is 35.5. The maximum Gasteiger partial charge on any atom is 0.130 e. The third kappa shape index (κ3) is 3.36. The molecule has 1 nitrogen and oxygen atoms in total. The van der Waals surface area contributed by atoms with Crippen molar-refractivity contribution < 1.29 is 4.74 Å². The van der Waals surface area contributed by atoms with Gasteiger partial charge in [0.15, 0.2) is 0 Å². The maximum absolute atomic E-state index is 5.70. The van der Waals surface area contributed by atoms with E-state index in [0.717, 1.165) is 0 Å². The molecule has 0 N–H and O–H groups in total. The smallest absolute Gasteiger partial charge is 0.130 e. The number of hydrogen-bond acceptors (Lipinski definition) is 1. The van der Waals surface area contributed by atoms with Crippen molar-refractivity contribution in [2.45, 2.75) is 6.92 Å². The molecule has 10 heavy (non-hydrogen) atoms. The fraction of sp³-hybridized carbons (Fsp3) is 0.250. The lowest BCUT2D eigenvalue weighted by Gasteiger charge is -1.98. The van der Waals surface area contributed by atoms with Gasteiger partial charge in [0.05, 0.1) is 12.1 Å². The fourth-order valence-electron chi connectivity index (χ4n) is 0.371. The quantitative estimate of drug-likeness (QED) is 0.454. The maximum atomic E-state index is 5.70. The zero-order chi connectivity index (χ0) is 7.98. The molecule has 2 heteroatoms. The number of methoxy groups -OCH3 is 1. The summed E-state index contributed by atoms with van der Waals surface area (Å²) in [6, 6.07) is 0. The van der Waals surface area contributed by atoms with Gasteiger partial charge in [0.1, 0.15) is 5.76 Å². The molecule has 56 valence electrons. The molecule has 0 aromatic rings. The van der Waals surface area contributed by atoms with Gasteiger partial charge in [-0.3, -0.25) is 0 Å². The number of hydrogen-bond donors (Lipinski definition) is 0. The largest absolute Gasteiger partial charge is 0.496 e. The van der Waals surface area contributed by atoms with Crippen LogP contribution in [0.4, 0.5) is 0 Å². The first-order valence-corrected chi connectivity index (χ1v) is 3.32. The Balaban J connectivity index is 4.05. The van der Waals surface area contributed by atoms with Gasteiger partial charge in [-0.05, 0) is 13.0 Å². The summed E-state index contributed by atoms with van der Waals surface area (Å²) in [5, 5.41) is 0.528. The SMILES string of the molecule is C=C(OC)/C(Cl)=C\C=C/C. The average molecular weight is 159 g/mol. The van der Waals surface area contributed by atoms with Crippen molar-refractivity contribution in [1.29, 1.82) is 0 Å². The summed E-state index contributed by atoms with van der Waals surface area (Å²) in [5.74, 6) is 0.486. The van der Waals surface area contributed by atoms with Crippen molar-refractivity contribution in [3.05, 3.63) is 35.6 Å². The summed E-state index contributed by atoms with van der Waals surface area (Å²) < 4.78 is 4.78. The van der Waals surface area contributed by atoms with Crippen LogP contribution in [0.2, 0.25) is 0 Å². The minimum Gasteiger partial charge on any atom is -0.496 e. The molecule has 0 radical (unpaired) electrons. The Morgan fingerprint density at radius 2 is 2.20 bits per heavy atom. The molecule has 0 aromatic heterocycles. The molecule has 0 amide bonds. The molecule has 0 saturated carbocycles. The van der Waals surface area contributed by atoms with Crippen molar-refractivity contribution in [2.75, 3.05) is 7.11 Å². The van der Waals surface area contributed by atoms with Crippen LogP contribution >= 0.6 is 11.6 Å².